The minimum atomic E-state index is -0.831. The molecule has 0 saturated carbocycles. The minimum Gasteiger partial charge on any atom is -0.346 e. The third-order valence-corrected chi connectivity index (χ3v) is 2.46. The summed E-state index contributed by atoms with van der Waals surface area (Å²) in [7, 11) is 0. The predicted octanol–water partition coefficient (Wildman–Crippen LogP) is 0.390. The number of hydrogen-bond donors (Lipinski definition) is 1. The average Bonchev–Trinajstić information content (AvgIpc) is 2.28. The molecule has 0 aromatic heterocycles. The first-order chi connectivity index (χ1) is 5.68. The molecule has 4 heteroatoms. The van der Waals surface area contributed by atoms with E-state index in [1.54, 1.807) is 0 Å². The Balaban J connectivity index is 2.17. The summed E-state index contributed by atoms with van der Waals surface area (Å²) in [6, 6.07) is -0.304. The monoisotopic (exact) mass is 170 g/mol. The van der Waals surface area contributed by atoms with Gasteiger partial charge in [0.25, 0.3) is 0 Å². The maximum Gasteiger partial charge on any atom is 0.248 e. The molecule has 0 aromatic carbocycles. The van der Waals surface area contributed by atoms with Crippen LogP contribution in [0.25, 0.3) is 0 Å². The first kappa shape index (κ1) is 7.58. The number of rotatable bonds is 0. The van der Waals surface area contributed by atoms with Crippen molar-refractivity contribution in [2.75, 3.05) is 6.54 Å². The van der Waals surface area contributed by atoms with E-state index in [0.29, 0.717) is 25.2 Å². The Morgan fingerprint density at radius 2 is 2.42 bits per heavy atom. The normalized spacial score (nSPS) is 34.9. The number of nitrogens with one attached hydrogen (secondary N) is 1. The van der Waals surface area contributed by atoms with Gasteiger partial charge in [-0.05, 0) is 6.42 Å². The van der Waals surface area contributed by atoms with Crippen LogP contribution < -0.4 is 5.32 Å². The highest BCUT2D eigenvalue weighted by Gasteiger charge is 2.39. The van der Waals surface area contributed by atoms with Crippen molar-refractivity contribution in [3.05, 3.63) is 12.4 Å². The zero-order chi connectivity index (χ0) is 8.72. The molecule has 2 unspecified atom stereocenters. The van der Waals surface area contributed by atoms with Gasteiger partial charge < -0.3 is 10.2 Å². The summed E-state index contributed by atoms with van der Waals surface area (Å²) in [5.41, 5.74) is 0. The highest BCUT2D eigenvalue weighted by atomic mass is 19.1. The second-order valence-corrected chi connectivity index (χ2v) is 3.27. The van der Waals surface area contributed by atoms with E-state index in [1.165, 1.54) is 0 Å². The van der Waals surface area contributed by atoms with Crippen LogP contribution >= 0.6 is 0 Å². The lowest BCUT2D eigenvalue weighted by atomic mass is 10.0. The molecule has 12 heavy (non-hydrogen) atoms. The summed E-state index contributed by atoms with van der Waals surface area (Å²) in [6.45, 7) is 4.29. The van der Waals surface area contributed by atoms with Gasteiger partial charge in [0.1, 0.15) is 18.0 Å². The molecule has 2 aliphatic rings. The molecule has 1 amide bonds. The van der Waals surface area contributed by atoms with Crippen molar-refractivity contribution in [2.45, 2.75) is 25.1 Å². The lowest BCUT2D eigenvalue weighted by molar-refractivity contribution is -0.122. The SMILES string of the molecule is C=C1NC(=O)C2CC(F)CCN12. The van der Waals surface area contributed by atoms with Gasteiger partial charge in [0.15, 0.2) is 0 Å². The molecule has 1 N–H and O–H groups in total. The molecule has 0 aliphatic carbocycles. The summed E-state index contributed by atoms with van der Waals surface area (Å²) >= 11 is 0. The minimum absolute atomic E-state index is 0.109. The van der Waals surface area contributed by atoms with Crippen LogP contribution in [0.5, 0.6) is 0 Å². The number of hydrogen-bond acceptors (Lipinski definition) is 2. The van der Waals surface area contributed by atoms with Crippen molar-refractivity contribution < 1.29 is 9.18 Å². The lowest BCUT2D eigenvalue weighted by Gasteiger charge is -2.30. The van der Waals surface area contributed by atoms with Crippen molar-refractivity contribution in [3.63, 3.8) is 0 Å². The average molecular weight is 170 g/mol. The van der Waals surface area contributed by atoms with Gasteiger partial charge in [-0.25, -0.2) is 4.39 Å². The number of fused-ring (bicyclic) bond motifs is 1. The van der Waals surface area contributed by atoms with Crippen molar-refractivity contribution in [1.82, 2.24) is 10.2 Å². The van der Waals surface area contributed by atoms with Gasteiger partial charge >= 0.3 is 0 Å². The first-order valence-corrected chi connectivity index (χ1v) is 4.09. The number of halogens is 1. The van der Waals surface area contributed by atoms with Crippen LogP contribution in [-0.2, 0) is 4.79 Å². The van der Waals surface area contributed by atoms with E-state index in [4.69, 9.17) is 0 Å². The maximum absolute atomic E-state index is 12.9. The quantitative estimate of drug-likeness (QED) is 0.570. The van der Waals surface area contributed by atoms with Gasteiger partial charge in [0, 0.05) is 13.0 Å². The third kappa shape index (κ3) is 0.983. The number of nitrogens with zero attached hydrogens (tertiary/aromatic N) is 1. The van der Waals surface area contributed by atoms with Gasteiger partial charge in [-0.15, -0.1) is 0 Å². The second-order valence-electron chi connectivity index (χ2n) is 3.27. The van der Waals surface area contributed by atoms with E-state index in [2.05, 4.69) is 11.9 Å². The predicted molar refractivity (Wildman–Crippen MR) is 41.9 cm³/mol. The molecular formula is C8H11FN2O. The molecule has 66 valence electrons. The van der Waals surface area contributed by atoms with Crippen LogP contribution in [0, 0.1) is 0 Å². The molecule has 2 atom stereocenters. The summed E-state index contributed by atoms with van der Waals surface area (Å²) < 4.78 is 12.9. The molecule has 2 heterocycles. The van der Waals surface area contributed by atoms with Crippen LogP contribution in [0.15, 0.2) is 12.4 Å². The number of piperidine rings is 1. The van der Waals surface area contributed by atoms with Gasteiger partial charge in [-0.3, -0.25) is 4.79 Å². The fraction of sp³-hybridized carbons (Fsp3) is 0.625. The van der Waals surface area contributed by atoms with E-state index in [-0.39, 0.29) is 11.9 Å². The van der Waals surface area contributed by atoms with Crippen LogP contribution in [0.2, 0.25) is 0 Å². The Labute approximate surface area is 70.2 Å². The van der Waals surface area contributed by atoms with Crippen molar-refractivity contribution in [1.29, 1.82) is 0 Å². The number of alkyl halides is 1. The van der Waals surface area contributed by atoms with Gasteiger partial charge in [0.2, 0.25) is 5.91 Å². The Morgan fingerprint density at radius 1 is 1.67 bits per heavy atom. The van der Waals surface area contributed by atoms with E-state index in [0.717, 1.165) is 0 Å². The Hall–Kier alpha value is -1.06. The standard InChI is InChI=1S/C8H11FN2O/c1-5-10-8(12)7-4-6(9)2-3-11(5)7/h6-7H,1-4H2,(H,10,12). The molecule has 0 radical (unpaired) electrons. The molecule has 2 saturated heterocycles. The van der Waals surface area contributed by atoms with Crippen molar-refractivity contribution >= 4 is 5.91 Å². The smallest absolute Gasteiger partial charge is 0.248 e. The number of carbonyl (C=O) groups excluding carboxylic acids is 1. The van der Waals surface area contributed by atoms with Crippen molar-refractivity contribution in [2.24, 2.45) is 0 Å². The Kier molecular flexibility index (Phi) is 1.56. The molecule has 3 nitrogen and oxygen atoms in total. The Morgan fingerprint density at radius 3 is 3.17 bits per heavy atom. The first-order valence-electron chi connectivity index (χ1n) is 4.09. The highest BCUT2D eigenvalue weighted by Crippen LogP contribution is 2.26. The fourth-order valence-corrected chi connectivity index (χ4v) is 1.79. The Bertz CT molecular complexity index is 241. The lowest BCUT2D eigenvalue weighted by Crippen LogP contribution is -2.40. The third-order valence-electron chi connectivity index (χ3n) is 2.46. The van der Waals surface area contributed by atoms with Gasteiger partial charge in [-0.1, -0.05) is 6.58 Å². The topological polar surface area (TPSA) is 32.3 Å². The van der Waals surface area contributed by atoms with E-state index in [9.17, 15) is 9.18 Å². The zero-order valence-electron chi connectivity index (χ0n) is 6.72. The largest absolute Gasteiger partial charge is 0.346 e. The zero-order valence-corrected chi connectivity index (χ0v) is 6.72. The summed E-state index contributed by atoms with van der Waals surface area (Å²) in [4.78, 5) is 13.0. The van der Waals surface area contributed by atoms with Crippen LogP contribution in [0.3, 0.4) is 0 Å². The van der Waals surface area contributed by atoms with Gasteiger partial charge in [0.05, 0.1) is 0 Å². The molecule has 2 aliphatic heterocycles. The van der Waals surface area contributed by atoms with Crippen LogP contribution in [-0.4, -0.2) is 29.6 Å². The molecule has 2 rings (SSSR count). The highest BCUT2D eigenvalue weighted by molar-refractivity contribution is 5.86. The van der Waals surface area contributed by atoms with Gasteiger partial charge in [-0.2, -0.15) is 0 Å². The second kappa shape index (κ2) is 2.47. The van der Waals surface area contributed by atoms with E-state index < -0.39 is 6.17 Å². The maximum atomic E-state index is 12.9. The fourth-order valence-electron chi connectivity index (χ4n) is 1.79. The molecule has 0 aromatic rings. The molecule has 0 bridgehead atoms. The molecular weight excluding hydrogens is 159 g/mol. The van der Waals surface area contributed by atoms with Crippen molar-refractivity contribution in [3.8, 4) is 0 Å². The van der Waals surface area contributed by atoms with Crippen LogP contribution in [0.1, 0.15) is 12.8 Å². The number of carbonyl (C=O) groups is 1. The molecule has 2 fully saturated rings. The number of amides is 1. The summed E-state index contributed by atoms with van der Waals surface area (Å²) in [5.74, 6) is 0.513. The molecule has 0 spiro atoms. The van der Waals surface area contributed by atoms with Crippen LogP contribution in [0.4, 0.5) is 4.39 Å². The van der Waals surface area contributed by atoms with E-state index >= 15 is 0 Å². The summed E-state index contributed by atoms with van der Waals surface area (Å²) in [6.07, 6.45) is -0.0158. The summed E-state index contributed by atoms with van der Waals surface area (Å²) in [5, 5.41) is 2.61. The van der Waals surface area contributed by atoms with E-state index in [1.807, 2.05) is 4.90 Å².